The van der Waals surface area contributed by atoms with Crippen molar-refractivity contribution in [2.24, 2.45) is 0 Å². The van der Waals surface area contributed by atoms with Crippen LogP contribution in [0, 0.1) is 6.92 Å². The molecular formula is C18H16Cl3F2N5O. The number of nitrogens with zero attached hydrogens (tertiary/aromatic N) is 4. The highest BCUT2D eigenvalue weighted by Gasteiger charge is 2.23. The van der Waals surface area contributed by atoms with E-state index in [1.165, 1.54) is 15.4 Å². The number of hydrogen-bond acceptors (Lipinski definition) is 3. The molecule has 0 saturated heterocycles. The molecule has 1 atom stereocenters. The molecule has 0 spiro atoms. The molecule has 0 fully saturated rings. The first-order valence-electron chi connectivity index (χ1n) is 8.47. The summed E-state index contributed by atoms with van der Waals surface area (Å²) in [5.41, 5.74) is 0.904. The van der Waals surface area contributed by atoms with Gasteiger partial charge in [0.05, 0.1) is 16.6 Å². The minimum atomic E-state index is -2.71. The van der Waals surface area contributed by atoms with Crippen LogP contribution in [0.4, 0.5) is 14.6 Å². The average Bonchev–Trinajstić information content (AvgIpc) is 3.20. The van der Waals surface area contributed by atoms with Gasteiger partial charge in [-0.05, 0) is 37.6 Å². The number of aromatic nitrogens is 4. The molecule has 0 aliphatic carbocycles. The van der Waals surface area contributed by atoms with Gasteiger partial charge in [0.2, 0.25) is 5.91 Å². The molecule has 0 bridgehead atoms. The molecule has 0 radical (unpaired) electrons. The van der Waals surface area contributed by atoms with E-state index in [9.17, 15) is 13.6 Å². The number of rotatable bonds is 6. The lowest BCUT2D eigenvalue weighted by atomic mass is 10.2. The van der Waals surface area contributed by atoms with Gasteiger partial charge < -0.3 is 5.32 Å². The van der Waals surface area contributed by atoms with Gasteiger partial charge in [0.15, 0.2) is 5.82 Å². The molecule has 1 N–H and O–H groups in total. The summed E-state index contributed by atoms with van der Waals surface area (Å²) in [6.45, 7) is 3.50. The molecule has 0 aliphatic heterocycles. The zero-order valence-electron chi connectivity index (χ0n) is 15.3. The largest absolute Gasteiger partial charge is 0.306 e. The van der Waals surface area contributed by atoms with Gasteiger partial charge in [0, 0.05) is 11.9 Å². The third-order valence-corrected chi connectivity index (χ3v) is 5.21. The van der Waals surface area contributed by atoms with Crippen LogP contribution in [0.2, 0.25) is 15.1 Å². The maximum atomic E-state index is 12.8. The topological polar surface area (TPSA) is 64.7 Å². The Morgan fingerprint density at radius 3 is 2.48 bits per heavy atom. The predicted molar refractivity (Wildman–Crippen MR) is 108 cm³/mol. The Bertz CT molecular complexity index is 1050. The van der Waals surface area contributed by atoms with Gasteiger partial charge in [-0.15, -0.1) is 0 Å². The summed E-state index contributed by atoms with van der Waals surface area (Å²) in [5, 5.41) is 11.7. The lowest BCUT2D eigenvalue weighted by Crippen LogP contribution is -2.25. The normalized spacial score (nSPS) is 12.4. The first kappa shape index (κ1) is 21.5. The van der Waals surface area contributed by atoms with Crippen LogP contribution in [0.3, 0.4) is 0 Å². The fourth-order valence-corrected chi connectivity index (χ4v) is 3.25. The van der Waals surface area contributed by atoms with E-state index in [4.69, 9.17) is 34.8 Å². The van der Waals surface area contributed by atoms with E-state index in [1.807, 2.05) is 0 Å². The quantitative estimate of drug-likeness (QED) is 0.523. The minimum absolute atomic E-state index is 0.155. The van der Waals surface area contributed by atoms with E-state index in [-0.39, 0.29) is 16.5 Å². The molecule has 1 unspecified atom stereocenters. The van der Waals surface area contributed by atoms with Crippen molar-refractivity contribution in [2.45, 2.75) is 32.9 Å². The Morgan fingerprint density at radius 2 is 1.86 bits per heavy atom. The third-order valence-electron chi connectivity index (χ3n) is 4.20. The number of amides is 1. The summed E-state index contributed by atoms with van der Waals surface area (Å²) in [6, 6.07) is 5.59. The van der Waals surface area contributed by atoms with Crippen molar-refractivity contribution in [3.05, 3.63) is 62.5 Å². The van der Waals surface area contributed by atoms with Crippen molar-refractivity contribution >= 4 is 46.5 Å². The Balaban J connectivity index is 1.73. The van der Waals surface area contributed by atoms with Crippen LogP contribution in [0.5, 0.6) is 0 Å². The van der Waals surface area contributed by atoms with Crippen LogP contribution < -0.4 is 5.32 Å². The second-order valence-electron chi connectivity index (χ2n) is 6.39. The van der Waals surface area contributed by atoms with Crippen LogP contribution in [0.25, 0.3) is 0 Å². The Kier molecular flexibility index (Phi) is 6.45. The van der Waals surface area contributed by atoms with E-state index in [0.717, 1.165) is 5.56 Å². The predicted octanol–water partition coefficient (Wildman–Crippen LogP) is 5.53. The Labute approximate surface area is 180 Å². The van der Waals surface area contributed by atoms with Gasteiger partial charge >= 0.3 is 0 Å². The SMILES string of the molecule is Cc1cc(C(F)F)nn1C(C)C(=O)Nc1nn(Cc2ccc(Cl)c(Cl)c2)cc1Cl. The number of alkyl halides is 2. The van der Waals surface area contributed by atoms with Crippen molar-refractivity contribution in [3.63, 3.8) is 0 Å². The Morgan fingerprint density at radius 1 is 1.14 bits per heavy atom. The van der Waals surface area contributed by atoms with Crippen molar-refractivity contribution in [3.8, 4) is 0 Å². The minimum Gasteiger partial charge on any atom is -0.306 e. The number of benzene rings is 1. The highest BCUT2D eigenvalue weighted by Crippen LogP contribution is 2.25. The van der Waals surface area contributed by atoms with Gasteiger partial charge in [-0.3, -0.25) is 14.2 Å². The van der Waals surface area contributed by atoms with Crippen LogP contribution in [0.1, 0.15) is 36.3 Å². The summed E-state index contributed by atoms with van der Waals surface area (Å²) < 4.78 is 28.4. The van der Waals surface area contributed by atoms with Crippen LogP contribution in [-0.4, -0.2) is 25.5 Å². The molecule has 6 nitrogen and oxygen atoms in total. The third kappa shape index (κ3) is 4.88. The fourth-order valence-electron chi connectivity index (χ4n) is 2.73. The number of aryl methyl sites for hydroxylation is 1. The van der Waals surface area contributed by atoms with E-state index >= 15 is 0 Å². The second kappa shape index (κ2) is 8.69. The Hall–Kier alpha value is -2.16. The molecule has 1 aromatic carbocycles. The van der Waals surface area contributed by atoms with Crippen LogP contribution in [0.15, 0.2) is 30.5 Å². The van der Waals surface area contributed by atoms with Crippen molar-refractivity contribution in [2.75, 3.05) is 5.32 Å². The van der Waals surface area contributed by atoms with E-state index in [1.54, 1.807) is 38.2 Å². The van der Waals surface area contributed by atoms with Crippen molar-refractivity contribution < 1.29 is 13.6 Å². The van der Waals surface area contributed by atoms with Crippen molar-refractivity contribution in [1.82, 2.24) is 19.6 Å². The second-order valence-corrected chi connectivity index (χ2v) is 7.61. The van der Waals surface area contributed by atoms with Gasteiger partial charge in [-0.25, -0.2) is 8.78 Å². The van der Waals surface area contributed by atoms with Gasteiger partial charge in [-0.1, -0.05) is 40.9 Å². The molecule has 1 amide bonds. The molecule has 3 rings (SSSR count). The van der Waals surface area contributed by atoms with Gasteiger partial charge in [0.1, 0.15) is 16.8 Å². The lowest BCUT2D eigenvalue weighted by molar-refractivity contribution is -0.119. The van der Waals surface area contributed by atoms with E-state index in [2.05, 4.69) is 15.5 Å². The molecule has 11 heteroatoms. The number of hydrogen-bond donors (Lipinski definition) is 1. The zero-order chi connectivity index (χ0) is 21.3. The molecule has 3 aromatic rings. The highest BCUT2D eigenvalue weighted by molar-refractivity contribution is 6.42. The first-order chi connectivity index (χ1) is 13.7. The average molecular weight is 463 g/mol. The number of anilines is 1. The zero-order valence-corrected chi connectivity index (χ0v) is 17.6. The smallest absolute Gasteiger partial charge is 0.282 e. The molecule has 2 aromatic heterocycles. The first-order valence-corrected chi connectivity index (χ1v) is 9.61. The fraction of sp³-hybridized carbons (Fsp3) is 0.278. The number of carbonyl (C=O) groups excluding carboxylic acids is 1. The van der Waals surface area contributed by atoms with Gasteiger partial charge in [0.25, 0.3) is 6.43 Å². The van der Waals surface area contributed by atoms with E-state index in [0.29, 0.717) is 22.3 Å². The molecule has 29 heavy (non-hydrogen) atoms. The molecule has 0 aliphatic rings. The lowest BCUT2D eigenvalue weighted by Gasteiger charge is -2.13. The molecule has 2 heterocycles. The van der Waals surface area contributed by atoms with Crippen LogP contribution in [-0.2, 0) is 11.3 Å². The van der Waals surface area contributed by atoms with Gasteiger partial charge in [-0.2, -0.15) is 10.2 Å². The summed E-state index contributed by atoms with van der Waals surface area (Å²) in [4.78, 5) is 12.5. The summed E-state index contributed by atoms with van der Waals surface area (Å²) in [7, 11) is 0. The number of halogens is 5. The maximum Gasteiger partial charge on any atom is 0.282 e. The monoisotopic (exact) mass is 461 g/mol. The number of nitrogens with one attached hydrogen (secondary N) is 1. The molecule has 0 saturated carbocycles. The highest BCUT2D eigenvalue weighted by atomic mass is 35.5. The maximum absolute atomic E-state index is 12.8. The summed E-state index contributed by atoms with van der Waals surface area (Å²) >= 11 is 18.1. The summed E-state index contributed by atoms with van der Waals surface area (Å²) in [6.07, 6.45) is -1.16. The standard InChI is InChI=1S/C18H16Cl3F2N5O/c1-9-5-15(16(22)23)25-28(9)10(2)18(29)24-17-14(21)8-27(26-17)7-11-3-4-12(19)13(20)6-11/h3-6,8,10,16H,7H2,1-2H3,(H,24,26,29). The van der Waals surface area contributed by atoms with Crippen LogP contribution >= 0.6 is 34.8 Å². The number of carbonyl (C=O) groups is 1. The van der Waals surface area contributed by atoms with E-state index < -0.39 is 18.4 Å². The molecular weight excluding hydrogens is 447 g/mol. The van der Waals surface area contributed by atoms with Crippen molar-refractivity contribution in [1.29, 1.82) is 0 Å². The summed E-state index contributed by atoms with van der Waals surface area (Å²) in [5.74, 6) is -0.332. The molecule has 154 valence electrons.